The molecule has 0 spiro atoms. The molecule has 1 aromatic carbocycles. The molecule has 0 amide bonds. The van der Waals surface area contributed by atoms with Crippen molar-refractivity contribution in [2.75, 3.05) is 20.2 Å². The smallest absolute Gasteiger partial charge is 0.119 e. The van der Waals surface area contributed by atoms with E-state index in [9.17, 15) is 0 Å². The van der Waals surface area contributed by atoms with Crippen LogP contribution in [0.25, 0.3) is 0 Å². The van der Waals surface area contributed by atoms with Gasteiger partial charge < -0.3 is 10.5 Å². The van der Waals surface area contributed by atoms with Gasteiger partial charge in [-0.15, -0.1) is 0 Å². The Hall–Kier alpha value is -1.06. The van der Waals surface area contributed by atoms with Crippen molar-refractivity contribution in [3.8, 4) is 5.75 Å². The van der Waals surface area contributed by atoms with Gasteiger partial charge >= 0.3 is 0 Å². The highest BCUT2D eigenvalue weighted by Crippen LogP contribution is 2.22. The zero-order valence-corrected chi connectivity index (χ0v) is 10.8. The van der Waals surface area contributed by atoms with Crippen LogP contribution >= 0.6 is 0 Å². The highest BCUT2D eigenvalue weighted by atomic mass is 16.5. The molecule has 1 fully saturated rings. The number of hydrogen-bond donors (Lipinski definition) is 1. The van der Waals surface area contributed by atoms with Gasteiger partial charge in [0, 0.05) is 6.42 Å². The second kappa shape index (κ2) is 5.07. The summed E-state index contributed by atoms with van der Waals surface area (Å²) in [5, 5.41) is 0. The first-order valence-corrected chi connectivity index (χ1v) is 6.29. The fourth-order valence-electron chi connectivity index (χ4n) is 2.54. The van der Waals surface area contributed by atoms with E-state index in [-0.39, 0.29) is 5.66 Å². The third-order valence-corrected chi connectivity index (χ3v) is 3.52. The number of nitrogens with two attached hydrogens (primary N) is 1. The summed E-state index contributed by atoms with van der Waals surface area (Å²) in [5.41, 5.74) is 7.42. The number of hydrogen-bond acceptors (Lipinski definition) is 3. The van der Waals surface area contributed by atoms with Gasteiger partial charge in [0.25, 0.3) is 0 Å². The van der Waals surface area contributed by atoms with Crippen molar-refractivity contribution in [2.24, 2.45) is 5.73 Å². The Balaban J connectivity index is 2.07. The summed E-state index contributed by atoms with van der Waals surface area (Å²) in [5.74, 6) is 0.903. The SMILES string of the molecule is COc1cccc(CC(C)(N)N2CCCC2)c1. The maximum absolute atomic E-state index is 6.43. The number of ether oxygens (including phenoxy) is 1. The van der Waals surface area contributed by atoms with Gasteiger partial charge in [-0.2, -0.15) is 0 Å². The molecular weight excluding hydrogens is 212 g/mol. The van der Waals surface area contributed by atoms with Crippen LogP contribution < -0.4 is 10.5 Å². The summed E-state index contributed by atoms with van der Waals surface area (Å²) < 4.78 is 5.24. The molecule has 1 aromatic rings. The summed E-state index contributed by atoms with van der Waals surface area (Å²) in [6.07, 6.45) is 3.40. The van der Waals surface area contributed by atoms with Crippen molar-refractivity contribution in [2.45, 2.75) is 31.8 Å². The van der Waals surface area contributed by atoms with Crippen LogP contribution in [0.4, 0.5) is 0 Å². The zero-order chi connectivity index (χ0) is 12.3. The van der Waals surface area contributed by atoms with Gasteiger partial charge in [0.05, 0.1) is 12.8 Å². The highest BCUT2D eigenvalue weighted by Gasteiger charge is 2.29. The van der Waals surface area contributed by atoms with Crippen molar-refractivity contribution in [1.29, 1.82) is 0 Å². The first-order chi connectivity index (χ1) is 8.12. The summed E-state index contributed by atoms with van der Waals surface area (Å²) in [6, 6.07) is 8.17. The molecule has 1 heterocycles. The molecule has 0 aromatic heterocycles. The number of rotatable bonds is 4. The molecule has 1 unspecified atom stereocenters. The second-order valence-corrected chi connectivity index (χ2v) is 5.08. The molecule has 0 aliphatic carbocycles. The largest absolute Gasteiger partial charge is 0.497 e. The first kappa shape index (κ1) is 12.4. The predicted octanol–water partition coefficient (Wildman–Crippen LogP) is 2.01. The Kier molecular flexibility index (Phi) is 3.69. The summed E-state index contributed by atoms with van der Waals surface area (Å²) in [6.45, 7) is 4.37. The van der Waals surface area contributed by atoms with E-state index >= 15 is 0 Å². The Bertz CT molecular complexity index is 370. The second-order valence-electron chi connectivity index (χ2n) is 5.08. The number of methoxy groups -OCH3 is 1. The first-order valence-electron chi connectivity index (χ1n) is 6.29. The molecule has 3 nitrogen and oxygen atoms in total. The lowest BCUT2D eigenvalue weighted by Crippen LogP contribution is -2.53. The molecule has 17 heavy (non-hydrogen) atoms. The van der Waals surface area contributed by atoms with Gasteiger partial charge in [0.2, 0.25) is 0 Å². The van der Waals surface area contributed by atoms with Gasteiger partial charge in [-0.25, -0.2) is 0 Å². The molecule has 2 rings (SSSR count). The van der Waals surface area contributed by atoms with Crippen LogP contribution in [0, 0.1) is 0 Å². The van der Waals surface area contributed by atoms with Crippen molar-refractivity contribution in [3.05, 3.63) is 29.8 Å². The molecule has 1 saturated heterocycles. The number of nitrogens with zero attached hydrogens (tertiary/aromatic N) is 1. The maximum Gasteiger partial charge on any atom is 0.119 e. The molecular formula is C14H22N2O. The van der Waals surface area contributed by atoms with Gasteiger partial charge in [0.15, 0.2) is 0 Å². The minimum absolute atomic E-state index is 0.247. The van der Waals surface area contributed by atoms with Gasteiger partial charge in [0.1, 0.15) is 5.75 Å². The van der Waals surface area contributed by atoms with E-state index in [1.54, 1.807) is 7.11 Å². The minimum Gasteiger partial charge on any atom is -0.497 e. The van der Waals surface area contributed by atoms with Crippen LogP contribution in [-0.4, -0.2) is 30.8 Å². The lowest BCUT2D eigenvalue weighted by atomic mass is 10.0. The Morgan fingerprint density at radius 1 is 1.35 bits per heavy atom. The third-order valence-electron chi connectivity index (χ3n) is 3.52. The minimum atomic E-state index is -0.247. The van der Waals surface area contributed by atoms with E-state index in [1.807, 2.05) is 12.1 Å². The average Bonchev–Trinajstić information content (AvgIpc) is 2.83. The standard InChI is InChI=1S/C14H22N2O/c1-14(15,16-8-3-4-9-16)11-12-6-5-7-13(10-12)17-2/h5-7,10H,3-4,8-9,11,15H2,1-2H3. The predicted molar refractivity (Wildman–Crippen MR) is 70.1 cm³/mol. The quantitative estimate of drug-likeness (QED) is 0.866. The zero-order valence-electron chi connectivity index (χ0n) is 10.8. The van der Waals surface area contributed by atoms with Gasteiger partial charge in [-0.1, -0.05) is 12.1 Å². The van der Waals surface area contributed by atoms with Crippen molar-refractivity contribution in [1.82, 2.24) is 4.90 Å². The van der Waals surface area contributed by atoms with Crippen LogP contribution in [0.3, 0.4) is 0 Å². The third kappa shape index (κ3) is 2.99. The van der Waals surface area contributed by atoms with Crippen LogP contribution in [0.5, 0.6) is 5.75 Å². The number of likely N-dealkylation sites (tertiary alicyclic amines) is 1. The number of benzene rings is 1. The molecule has 94 valence electrons. The molecule has 0 radical (unpaired) electrons. The molecule has 0 saturated carbocycles. The van der Waals surface area contributed by atoms with E-state index < -0.39 is 0 Å². The Labute approximate surface area is 104 Å². The van der Waals surface area contributed by atoms with Crippen LogP contribution in [-0.2, 0) is 6.42 Å². The van der Waals surface area contributed by atoms with Gasteiger partial charge in [-0.05, 0) is 50.6 Å². The van der Waals surface area contributed by atoms with E-state index in [0.717, 1.165) is 25.3 Å². The molecule has 1 aliphatic heterocycles. The monoisotopic (exact) mass is 234 g/mol. The molecule has 3 heteroatoms. The lowest BCUT2D eigenvalue weighted by Gasteiger charge is -2.35. The van der Waals surface area contributed by atoms with Gasteiger partial charge in [-0.3, -0.25) is 4.90 Å². The van der Waals surface area contributed by atoms with Crippen molar-refractivity contribution >= 4 is 0 Å². The molecule has 1 atom stereocenters. The Morgan fingerprint density at radius 3 is 2.71 bits per heavy atom. The van der Waals surface area contributed by atoms with E-state index in [0.29, 0.717) is 0 Å². The van der Waals surface area contributed by atoms with E-state index in [1.165, 1.54) is 18.4 Å². The fraction of sp³-hybridized carbons (Fsp3) is 0.571. The van der Waals surface area contributed by atoms with Crippen LogP contribution in [0.1, 0.15) is 25.3 Å². The summed E-state index contributed by atoms with van der Waals surface area (Å²) in [4.78, 5) is 2.38. The van der Waals surface area contributed by atoms with E-state index in [4.69, 9.17) is 10.5 Å². The highest BCUT2D eigenvalue weighted by molar-refractivity contribution is 5.29. The molecule has 1 aliphatic rings. The summed E-state index contributed by atoms with van der Waals surface area (Å²) >= 11 is 0. The van der Waals surface area contributed by atoms with E-state index in [2.05, 4.69) is 24.0 Å². The lowest BCUT2D eigenvalue weighted by molar-refractivity contribution is 0.141. The normalized spacial score (nSPS) is 20.2. The molecule has 2 N–H and O–H groups in total. The van der Waals surface area contributed by atoms with Crippen LogP contribution in [0.15, 0.2) is 24.3 Å². The summed E-state index contributed by atoms with van der Waals surface area (Å²) in [7, 11) is 1.70. The van der Waals surface area contributed by atoms with Crippen molar-refractivity contribution in [3.63, 3.8) is 0 Å². The Morgan fingerprint density at radius 2 is 2.06 bits per heavy atom. The van der Waals surface area contributed by atoms with Crippen molar-refractivity contribution < 1.29 is 4.74 Å². The molecule has 0 bridgehead atoms. The maximum atomic E-state index is 6.43. The van der Waals surface area contributed by atoms with Crippen LogP contribution in [0.2, 0.25) is 0 Å². The fourth-order valence-corrected chi connectivity index (χ4v) is 2.54. The average molecular weight is 234 g/mol. The topological polar surface area (TPSA) is 38.5 Å².